The van der Waals surface area contributed by atoms with E-state index in [1.807, 2.05) is 6.07 Å². The average molecular weight is 427 g/mol. The Labute approximate surface area is 179 Å². The second kappa shape index (κ2) is 8.13. The van der Waals surface area contributed by atoms with E-state index in [0.29, 0.717) is 6.04 Å². The smallest absolute Gasteiger partial charge is 0.242 e. The first-order valence-corrected chi connectivity index (χ1v) is 11.9. The third-order valence-electron chi connectivity index (χ3n) is 5.81. The molecule has 0 saturated heterocycles. The Balaban J connectivity index is 1.66. The van der Waals surface area contributed by atoms with Crippen LogP contribution in [0.25, 0.3) is 11.0 Å². The third-order valence-corrected chi connectivity index (χ3v) is 7.62. The molecule has 0 aliphatic heterocycles. The van der Waals surface area contributed by atoms with Crippen molar-refractivity contribution in [3.8, 4) is 0 Å². The van der Waals surface area contributed by atoms with Gasteiger partial charge in [0.1, 0.15) is 5.82 Å². The number of rotatable bonds is 8. The van der Waals surface area contributed by atoms with E-state index in [2.05, 4.69) is 47.6 Å². The molecule has 6 nitrogen and oxygen atoms in total. The Morgan fingerprint density at radius 2 is 1.77 bits per heavy atom. The minimum absolute atomic E-state index is 0.283. The lowest BCUT2D eigenvalue weighted by Crippen LogP contribution is -2.26. The number of nitrogens with zero attached hydrogens (tertiary/aromatic N) is 4. The van der Waals surface area contributed by atoms with E-state index in [1.54, 1.807) is 26.2 Å². The van der Waals surface area contributed by atoms with E-state index in [-0.39, 0.29) is 4.90 Å². The molecule has 0 radical (unpaired) electrons. The summed E-state index contributed by atoms with van der Waals surface area (Å²) in [6.07, 6.45) is 2.45. The van der Waals surface area contributed by atoms with E-state index in [9.17, 15) is 8.42 Å². The maximum absolute atomic E-state index is 12.5. The molecule has 4 rings (SSSR count). The molecule has 0 bridgehead atoms. The summed E-state index contributed by atoms with van der Waals surface area (Å²) in [6.45, 7) is 6.68. The lowest BCUT2D eigenvalue weighted by atomic mass is 10.1. The Hall–Kier alpha value is -2.22. The van der Waals surface area contributed by atoms with Crippen molar-refractivity contribution in [3.05, 3.63) is 59.4 Å². The largest absolute Gasteiger partial charge is 0.327 e. The number of benzene rings is 2. The monoisotopic (exact) mass is 426 g/mol. The van der Waals surface area contributed by atoms with Crippen LogP contribution in [0.1, 0.15) is 36.7 Å². The van der Waals surface area contributed by atoms with Crippen LogP contribution in [0.4, 0.5) is 0 Å². The summed E-state index contributed by atoms with van der Waals surface area (Å²) in [7, 11) is -0.376. The molecule has 0 atom stereocenters. The van der Waals surface area contributed by atoms with Gasteiger partial charge in [-0.2, -0.15) is 0 Å². The predicted octanol–water partition coefficient (Wildman–Crippen LogP) is 3.78. The van der Waals surface area contributed by atoms with Crippen LogP contribution < -0.4 is 0 Å². The van der Waals surface area contributed by atoms with Gasteiger partial charge in [-0.3, -0.25) is 4.90 Å². The first-order chi connectivity index (χ1) is 14.3. The first kappa shape index (κ1) is 21.0. The molecule has 160 valence electrons. The molecule has 7 heteroatoms. The number of fused-ring (bicyclic) bond motifs is 1. The van der Waals surface area contributed by atoms with Crippen LogP contribution in [0, 0.1) is 6.92 Å². The molecule has 2 aromatic carbocycles. The van der Waals surface area contributed by atoms with Gasteiger partial charge in [0.2, 0.25) is 10.0 Å². The van der Waals surface area contributed by atoms with Crippen LogP contribution in [0.15, 0.2) is 47.4 Å². The zero-order valence-electron chi connectivity index (χ0n) is 18.2. The molecule has 30 heavy (non-hydrogen) atoms. The fraction of sp³-hybridized carbons (Fsp3) is 0.435. The number of aromatic nitrogens is 2. The molecule has 0 unspecified atom stereocenters. The molecule has 1 saturated carbocycles. The standard InChI is InChI=1S/C23H30N4O2S/c1-5-27-22-13-12-20(30(28,29)25(3)4)14-21(22)24-23(27)16-26(19-10-11-19)15-18-8-6-17(2)7-9-18/h6-9,12-14,19H,5,10-11,15-16H2,1-4H3. The van der Waals surface area contributed by atoms with Crippen molar-refractivity contribution in [3.63, 3.8) is 0 Å². The van der Waals surface area contributed by atoms with Crippen molar-refractivity contribution >= 4 is 21.1 Å². The van der Waals surface area contributed by atoms with Crippen LogP contribution >= 0.6 is 0 Å². The maximum atomic E-state index is 12.5. The lowest BCUT2D eigenvalue weighted by molar-refractivity contribution is 0.236. The van der Waals surface area contributed by atoms with Crippen molar-refractivity contribution in [2.45, 2.75) is 57.3 Å². The quantitative estimate of drug-likeness (QED) is 0.550. The van der Waals surface area contributed by atoms with Crippen LogP contribution in [0.2, 0.25) is 0 Å². The highest BCUT2D eigenvalue weighted by atomic mass is 32.2. The molecule has 1 aliphatic rings. The summed E-state index contributed by atoms with van der Waals surface area (Å²) < 4.78 is 28.5. The molecule has 0 amide bonds. The van der Waals surface area contributed by atoms with Crippen LogP contribution in [0.5, 0.6) is 0 Å². The predicted molar refractivity (Wildman–Crippen MR) is 120 cm³/mol. The van der Waals surface area contributed by atoms with Crippen LogP contribution in [-0.4, -0.2) is 47.3 Å². The zero-order valence-corrected chi connectivity index (χ0v) is 19.0. The summed E-state index contributed by atoms with van der Waals surface area (Å²) in [4.78, 5) is 7.64. The summed E-state index contributed by atoms with van der Waals surface area (Å²) in [5, 5.41) is 0. The van der Waals surface area contributed by atoms with Gasteiger partial charge in [-0.15, -0.1) is 0 Å². The second-order valence-electron chi connectivity index (χ2n) is 8.33. The molecular weight excluding hydrogens is 396 g/mol. The molecule has 0 spiro atoms. The van der Waals surface area contributed by atoms with E-state index < -0.39 is 10.0 Å². The van der Waals surface area contributed by atoms with Gasteiger partial charge in [0, 0.05) is 33.2 Å². The second-order valence-corrected chi connectivity index (χ2v) is 10.5. The minimum atomic E-state index is -3.48. The van der Waals surface area contributed by atoms with Gasteiger partial charge in [-0.25, -0.2) is 17.7 Å². The van der Waals surface area contributed by atoms with Gasteiger partial charge >= 0.3 is 0 Å². The van der Waals surface area contributed by atoms with Gasteiger partial charge in [0.25, 0.3) is 0 Å². The Morgan fingerprint density at radius 1 is 1.07 bits per heavy atom. The average Bonchev–Trinajstić information content (AvgIpc) is 3.50. The summed E-state index contributed by atoms with van der Waals surface area (Å²) >= 11 is 0. The highest BCUT2D eigenvalue weighted by Gasteiger charge is 2.30. The van der Waals surface area contributed by atoms with E-state index in [0.717, 1.165) is 36.5 Å². The number of hydrogen-bond acceptors (Lipinski definition) is 4. The van der Waals surface area contributed by atoms with Crippen molar-refractivity contribution in [2.75, 3.05) is 14.1 Å². The molecule has 3 aromatic rings. The number of imidazole rings is 1. The van der Waals surface area contributed by atoms with Crippen LogP contribution in [0.3, 0.4) is 0 Å². The highest BCUT2D eigenvalue weighted by molar-refractivity contribution is 7.89. The zero-order chi connectivity index (χ0) is 21.5. The summed E-state index contributed by atoms with van der Waals surface area (Å²) in [5.41, 5.74) is 4.30. The molecule has 1 aliphatic carbocycles. The van der Waals surface area contributed by atoms with E-state index in [4.69, 9.17) is 4.98 Å². The SMILES string of the molecule is CCn1c(CN(Cc2ccc(C)cc2)C2CC2)nc2cc(S(=O)(=O)N(C)C)ccc21. The number of hydrogen-bond donors (Lipinski definition) is 0. The molecule has 1 fully saturated rings. The third kappa shape index (κ3) is 4.15. The normalized spacial score (nSPS) is 14.9. The molecule has 1 heterocycles. The van der Waals surface area contributed by atoms with Gasteiger partial charge in [-0.05, 0) is 50.5 Å². The van der Waals surface area contributed by atoms with E-state index in [1.165, 1.54) is 28.3 Å². The van der Waals surface area contributed by atoms with Crippen molar-refractivity contribution in [1.29, 1.82) is 0 Å². The summed E-state index contributed by atoms with van der Waals surface area (Å²) in [5.74, 6) is 0.992. The Morgan fingerprint density at radius 3 is 2.37 bits per heavy atom. The van der Waals surface area contributed by atoms with Crippen molar-refractivity contribution in [1.82, 2.24) is 18.8 Å². The number of aryl methyl sites for hydroxylation is 2. The topological polar surface area (TPSA) is 58.4 Å². The maximum Gasteiger partial charge on any atom is 0.242 e. The van der Waals surface area contributed by atoms with Crippen molar-refractivity contribution in [2.24, 2.45) is 0 Å². The minimum Gasteiger partial charge on any atom is -0.327 e. The van der Waals surface area contributed by atoms with Gasteiger partial charge in [0.15, 0.2) is 0 Å². The molecular formula is C23H30N4O2S. The van der Waals surface area contributed by atoms with Gasteiger partial charge in [-0.1, -0.05) is 29.8 Å². The van der Waals surface area contributed by atoms with Gasteiger partial charge in [0.05, 0.1) is 22.5 Å². The van der Waals surface area contributed by atoms with E-state index >= 15 is 0 Å². The van der Waals surface area contributed by atoms with Gasteiger partial charge < -0.3 is 4.57 Å². The Kier molecular flexibility index (Phi) is 5.70. The fourth-order valence-corrected chi connectivity index (χ4v) is 4.79. The number of sulfonamides is 1. The molecule has 0 N–H and O–H groups in total. The van der Waals surface area contributed by atoms with Crippen LogP contribution in [-0.2, 0) is 29.7 Å². The summed E-state index contributed by atoms with van der Waals surface area (Å²) in [6, 6.07) is 14.6. The fourth-order valence-electron chi connectivity index (χ4n) is 3.87. The highest BCUT2D eigenvalue weighted by Crippen LogP contribution is 2.31. The Bertz CT molecular complexity index is 1150. The lowest BCUT2D eigenvalue weighted by Gasteiger charge is -2.22. The molecule has 1 aromatic heterocycles. The first-order valence-electron chi connectivity index (χ1n) is 10.5. The van der Waals surface area contributed by atoms with Crippen molar-refractivity contribution < 1.29 is 8.42 Å².